The zero-order chi connectivity index (χ0) is 13.9. The Morgan fingerprint density at radius 2 is 2.37 bits per heavy atom. The third-order valence-electron chi connectivity index (χ3n) is 3.70. The van der Waals surface area contributed by atoms with E-state index < -0.39 is 0 Å². The molecule has 0 spiro atoms. The summed E-state index contributed by atoms with van der Waals surface area (Å²) in [4.78, 5) is 17.6. The van der Waals surface area contributed by atoms with Gasteiger partial charge in [-0.25, -0.2) is 0 Å². The lowest BCUT2D eigenvalue weighted by Crippen LogP contribution is -2.59. The van der Waals surface area contributed by atoms with Gasteiger partial charge in [-0.05, 0) is 25.3 Å². The fourth-order valence-corrected chi connectivity index (χ4v) is 3.08. The van der Waals surface area contributed by atoms with Crippen LogP contribution in [0.2, 0.25) is 0 Å². The van der Waals surface area contributed by atoms with E-state index in [9.17, 15) is 4.79 Å². The first kappa shape index (κ1) is 14.5. The molecule has 1 aromatic heterocycles. The van der Waals surface area contributed by atoms with Crippen molar-refractivity contribution in [3.05, 3.63) is 22.4 Å². The highest BCUT2D eigenvalue weighted by Crippen LogP contribution is 2.17. The minimum atomic E-state index is 0.0533. The molecule has 19 heavy (non-hydrogen) atoms. The normalized spacial score (nSPS) is 19.3. The summed E-state index contributed by atoms with van der Waals surface area (Å²) >= 11 is 1.70. The molecular formula is C14H23N3OS. The van der Waals surface area contributed by atoms with E-state index in [4.69, 9.17) is 0 Å². The lowest BCUT2D eigenvalue weighted by molar-refractivity contribution is -0.133. The van der Waals surface area contributed by atoms with Gasteiger partial charge in [-0.3, -0.25) is 9.69 Å². The third-order valence-corrected chi connectivity index (χ3v) is 4.56. The molecule has 1 saturated heterocycles. The van der Waals surface area contributed by atoms with E-state index in [0.29, 0.717) is 13.1 Å². The number of hydrogen-bond acceptors (Lipinski definition) is 4. The van der Waals surface area contributed by atoms with Gasteiger partial charge in [0.2, 0.25) is 5.91 Å². The molecule has 1 aromatic rings. The van der Waals surface area contributed by atoms with Crippen molar-refractivity contribution in [2.45, 2.75) is 25.9 Å². The molecule has 1 N–H and O–H groups in total. The van der Waals surface area contributed by atoms with Gasteiger partial charge in [0.15, 0.2) is 0 Å². The van der Waals surface area contributed by atoms with Gasteiger partial charge in [0.05, 0.1) is 13.1 Å². The number of carbonyl (C=O) groups is 1. The van der Waals surface area contributed by atoms with Gasteiger partial charge in [-0.15, -0.1) is 11.3 Å². The molecule has 4 nitrogen and oxygen atoms in total. The molecule has 1 aliphatic rings. The van der Waals surface area contributed by atoms with E-state index in [-0.39, 0.29) is 11.4 Å². The predicted molar refractivity (Wildman–Crippen MR) is 79.3 cm³/mol. The quantitative estimate of drug-likeness (QED) is 0.906. The summed E-state index contributed by atoms with van der Waals surface area (Å²) in [5, 5.41) is 5.43. The standard InChI is InChI=1S/C14H23N3OS/c1-14(2)11-15-6-7-17(14)10-13(18)16(3)9-12-5-4-8-19-12/h4-5,8,15H,6-7,9-11H2,1-3H3. The van der Waals surface area contributed by atoms with E-state index in [1.165, 1.54) is 4.88 Å². The second-order valence-electron chi connectivity index (χ2n) is 5.74. The van der Waals surface area contributed by atoms with Crippen LogP contribution >= 0.6 is 11.3 Å². The summed E-state index contributed by atoms with van der Waals surface area (Å²) in [5.41, 5.74) is 0.0533. The SMILES string of the molecule is CN(Cc1cccs1)C(=O)CN1CCNCC1(C)C. The second kappa shape index (κ2) is 6.03. The number of hydrogen-bond donors (Lipinski definition) is 1. The summed E-state index contributed by atoms with van der Waals surface area (Å²) in [6, 6.07) is 4.10. The number of thiophene rings is 1. The molecule has 5 heteroatoms. The van der Waals surface area contributed by atoms with Crippen LogP contribution in [-0.4, -0.2) is 54.5 Å². The summed E-state index contributed by atoms with van der Waals surface area (Å²) < 4.78 is 0. The molecule has 0 atom stereocenters. The maximum Gasteiger partial charge on any atom is 0.236 e. The van der Waals surface area contributed by atoms with Crippen LogP contribution in [0.25, 0.3) is 0 Å². The first-order valence-corrected chi connectivity index (χ1v) is 7.59. The molecule has 1 fully saturated rings. The zero-order valence-electron chi connectivity index (χ0n) is 12.0. The third kappa shape index (κ3) is 3.78. The van der Waals surface area contributed by atoms with Crippen molar-refractivity contribution in [2.75, 3.05) is 33.2 Å². The molecule has 0 unspecified atom stereocenters. The van der Waals surface area contributed by atoms with Crippen LogP contribution in [-0.2, 0) is 11.3 Å². The monoisotopic (exact) mass is 281 g/mol. The molecule has 0 bridgehead atoms. The Bertz CT molecular complexity index is 416. The number of carbonyl (C=O) groups excluding carboxylic acids is 1. The molecule has 0 aliphatic carbocycles. The van der Waals surface area contributed by atoms with Crippen molar-refractivity contribution < 1.29 is 4.79 Å². The average molecular weight is 281 g/mol. The lowest BCUT2D eigenvalue weighted by atomic mass is 10.0. The fourth-order valence-electron chi connectivity index (χ4n) is 2.32. The lowest BCUT2D eigenvalue weighted by Gasteiger charge is -2.42. The highest BCUT2D eigenvalue weighted by atomic mass is 32.1. The zero-order valence-corrected chi connectivity index (χ0v) is 12.8. The van der Waals surface area contributed by atoms with Crippen LogP contribution in [0.5, 0.6) is 0 Å². The molecule has 0 aromatic carbocycles. The van der Waals surface area contributed by atoms with Gasteiger partial charge in [0, 0.05) is 37.1 Å². The number of piperazine rings is 1. The Kier molecular flexibility index (Phi) is 4.60. The second-order valence-corrected chi connectivity index (χ2v) is 6.77. The Balaban J connectivity index is 1.89. The van der Waals surface area contributed by atoms with Gasteiger partial charge >= 0.3 is 0 Å². The fraction of sp³-hybridized carbons (Fsp3) is 0.643. The number of amides is 1. The van der Waals surface area contributed by atoms with Crippen molar-refractivity contribution in [3.8, 4) is 0 Å². The van der Waals surface area contributed by atoms with E-state index >= 15 is 0 Å². The first-order valence-electron chi connectivity index (χ1n) is 6.71. The van der Waals surface area contributed by atoms with E-state index in [2.05, 4.69) is 30.1 Å². The Morgan fingerprint density at radius 3 is 3.00 bits per heavy atom. The van der Waals surface area contributed by atoms with Gasteiger partial charge < -0.3 is 10.2 Å². The van der Waals surface area contributed by atoms with Gasteiger partial charge in [-0.2, -0.15) is 0 Å². The van der Waals surface area contributed by atoms with Crippen LogP contribution in [0.1, 0.15) is 18.7 Å². The largest absolute Gasteiger partial charge is 0.340 e. The van der Waals surface area contributed by atoms with Crippen molar-refractivity contribution in [2.24, 2.45) is 0 Å². The minimum absolute atomic E-state index is 0.0533. The molecule has 0 radical (unpaired) electrons. The smallest absolute Gasteiger partial charge is 0.236 e. The molecule has 0 saturated carbocycles. The molecule has 1 aliphatic heterocycles. The number of likely N-dealkylation sites (N-methyl/N-ethyl adjacent to an activating group) is 1. The number of rotatable bonds is 4. The molecule has 1 amide bonds. The van der Waals surface area contributed by atoms with Crippen LogP contribution in [0.15, 0.2) is 17.5 Å². The summed E-state index contributed by atoms with van der Waals surface area (Å²) in [7, 11) is 1.89. The van der Waals surface area contributed by atoms with Crippen molar-refractivity contribution >= 4 is 17.2 Å². The number of nitrogens with one attached hydrogen (secondary N) is 1. The molecule has 2 heterocycles. The maximum absolute atomic E-state index is 12.3. The number of nitrogens with zero attached hydrogens (tertiary/aromatic N) is 2. The summed E-state index contributed by atoms with van der Waals surface area (Å²) in [5.74, 6) is 0.198. The maximum atomic E-state index is 12.3. The highest BCUT2D eigenvalue weighted by Gasteiger charge is 2.31. The Morgan fingerprint density at radius 1 is 1.58 bits per heavy atom. The molecule has 2 rings (SSSR count). The van der Waals surface area contributed by atoms with Crippen molar-refractivity contribution in [3.63, 3.8) is 0 Å². The highest BCUT2D eigenvalue weighted by molar-refractivity contribution is 7.09. The first-order chi connectivity index (χ1) is 8.99. The van der Waals surface area contributed by atoms with Gasteiger partial charge in [0.1, 0.15) is 0 Å². The van der Waals surface area contributed by atoms with E-state index in [0.717, 1.165) is 19.6 Å². The molecular weight excluding hydrogens is 258 g/mol. The topological polar surface area (TPSA) is 35.6 Å². The van der Waals surface area contributed by atoms with Crippen LogP contribution in [0, 0.1) is 0 Å². The molecule has 106 valence electrons. The van der Waals surface area contributed by atoms with Crippen LogP contribution in [0.4, 0.5) is 0 Å². The van der Waals surface area contributed by atoms with E-state index in [1.54, 1.807) is 11.3 Å². The van der Waals surface area contributed by atoms with E-state index in [1.807, 2.05) is 23.4 Å². The van der Waals surface area contributed by atoms with Crippen LogP contribution in [0.3, 0.4) is 0 Å². The van der Waals surface area contributed by atoms with Gasteiger partial charge in [0.25, 0.3) is 0 Å². The predicted octanol–water partition coefficient (Wildman–Crippen LogP) is 1.39. The van der Waals surface area contributed by atoms with Crippen molar-refractivity contribution in [1.29, 1.82) is 0 Å². The van der Waals surface area contributed by atoms with Crippen molar-refractivity contribution in [1.82, 2.24) is 15.1 Å². The van der Waals surface area contributed by atoms with Crippen LogP contribution < -0.4 is 5.32 Å². The Hall–Kier alpha value is -0.910. The minimum Gasteiger partial charge on any atom is -0.340 e. The Labute approximate surface area is 119 Å². The summed E-state index contributed by atoms with van der Waals surface area (Å²) in [6.45, 7) is 8.43. The average Bonchev–Trinajstić information content (AvgIpc) is 2.84. The van der Waals surface area contributed by atoms with Gasteiger partial charge in [-0.1, -0.05) is 6.07 Å². The summed E-state index contributed by atoms with van der Waals surface area (Å²) in [6.07, 6.45) is 0.